The second kappa shape index (κ2) is 7.13. The van der Waals surface area contributed by atoms with Gasteiger partial charge in [0.05, 0.1) is 6.61 Å². The summed E-state index contributed by atoms with van der Waals surface area (Å²) in [6.07, 6.45) is 3.16. The molecule has 0 unspecified atom stereocenters. The van der Waals surface area contributed by atoms with Crippen LogP contribution in [0.2, 0.25) is 0 Å². The molecule has 0 spiro atoms. The zero-order chi connectivity index (χ0) is 15.2. The average Bonchev–Trinajstić information content (AvgIpc) is 2.58. The average molecular weight is 290 g/mol. The fourth-order valence-corrected chi connectivity index (χ4v) is 2.76. The quantitative estimate of drug-likeness (QED) is 0.536. The minimum atomic E-state index is 0.788. The molecule has 1 nitrogen and oxygen atoms in total. The molecule has 112 valence electrons. The molecule has 22 heavy (non-hydrogen) atoms. The van der Waals surface area contributed by atoms with E-state index in [9.17, 15) is 0 Å². The molecule has 0 aliphatic carbocycles. The maximum absolute atomic E-state index is 6.06. The molecule has 0 N–H and O–H groups in total. The van der Waals surface area contributed by atoms with Crippen molar-refractivity contribution in [3.63, 3.8) is 0 Å². The highest BCUT2D eigenvalue weighted by molar-refractivity contribution is 5.88. The van der Waals surface area contributed by atoms with Crippen LogP contribution < -0.4 is 4.74 Å². The fraction of sp³-hybridized carbons (Fsp3) is 0.238. The molecule has 0 amide bonds. The minimum absolute atomic E-state index is 0.788. The molecule has 3 aromatic carbocycles. The summed E-state index contributed by atoms with van der Waals surface area (Å²) in [4.78, 5) is 0. The summed E-state index contributed by atoms with van der Waals surface area (Å²) >= 11 is 0. The Morgan fingerprint density at radius 2 is 1.59 bits per heavy atom. The van der Waals surface area contributed by atoms with E-state index in [1.54, 1.807) is 0 Å². The van der Waals surface area contributed by atoms with Crippen LogP contribution in [0.25, 0.3) is 10.8 Å². The number of hydrogen-bond donors (Lipinski definition) is 0. The lowest BCUT2D eigenvalue weighted by Gasteiger charge is -2.14. The molecule has 0 aromatic heterocycles. The van der Waals surface area contributed by atoms with Crippen LogP contribution in [-0.2, 0) is 6.42 Å². The van der Waals surface area contributed by atoms with E-state index >= 15 is 0 Å². The van der Waals surface area contributed by atoms with Crippen molar-refractivity contribution >= 4 is 10.8 Å². The molecule has 3 rings (SSSR count). The number of ether oxygens (including phenoxy) is 1. The Kier molecular flexibility index (Phi) is 4.75. The van der Waals surface area contributed by atoms with E-state index in [4.69, 9.17) is 4.74 Å². The van der Waals surface area contributed by atoms with E-state index in [-0.39, 0.29) is 0 Å². The van der Waals surface area contributed by atoms with Crippen LogP contribution >= 0.6 is 0 Å². The SMILES string of the molecule is CCCCOc1ccc2ccccc2c1Cc1ccccc1. The minimum Gasteiger partial charge on any atom is -0.493 e. The van der Waals surface area contributed by atoms with Crippen molar-refractivity contribution in [2.45, 2.75) is 26.2 Å². The summed E-state index contributed by atoms with van der Waals surface area (Å²) in [6, 6.07) is 23.4. The molecule has 0 aliphatic rings. The van der Waals surface area contributed by atoms with Crippen LogP contribution in [0.4, 0.5) is 0 Å². The fourth-order valence-electron chi connectivity index (χ4n) is 2.76. The normalized spacial score (nSPS) is 10.8. The third-order valence-corrected chi connectivity index (χ3v) is 3.98. The number of benzene rings is 3. The Morgan fingerprint density at radius 1 is 0.818 bits per heavy atom. The number of hydrogen-bond acceptors (Lipinski definition) is 1. The highest BCUT2D eigenvalue weighted by Gasteiger charge is 2.09. The Hall–Kier alpha value is -2.28. The predicted molar refractivity (Wildman–Crippen MR) is 93.6 cm³/mol. The van der Waals surface area contributed by atoms with Crippen molar-refractivity contribution in [3.05, 3.63) is 77.9 Å². The van der Waals surface area contributed by atoms with Gasteiger partial charge in [0.2, 0.25) is 0 Å². The van der Waals surface area contributed by atoms with Gasteiger partial charge in [-0.1, -0.05) is 74.0 Å². The molecule has 1 heteroatoms. The van der Waals surface area contributed by atoms with E-state index in [0.29, 0.717) is 0 Å². The van der Waals surface area contributed by atoms with Gasteiger partial charge < -0.3 is 4.74 Å². The van der Waals surface area contributed by atoms with Gasteiger partial charge in [-0.25, -0.2) is 0 Å². The first kappa shape index (κ1) is 14.6. The first-order chi connectivity index (χ1) is 10.9. The first-order valence-electron chi connectivity index (χ1n) is 8.06. The molecule has 0 saturated heterocycles. The van der Waals surface area contributed by atoms with E-state index in [1.165, 1.54) is 21.9 Å². The highest BCUT2D eigenvalue weighted by Crippen LogP contribution is 2.30. The van der Waals surface area contributed by atoms with Crippen LogP contribution in [0.5, 0.6) is 5.75 Å². The summed E-state index contributed by atoms with van der Waals surface area (Å²) in [5.41, 5.74) is 2.61. The Balaban J connectivity index is 2.00. The summed E-state index contributed by atoms with van der Waals surface area (Å²) in [6.45, 7) is 2.98. The number of unbranched alkanes of at least 4 members (excludes halogenated alkanes) is 1. The van der Waals surface area contributed by atoms with Gasteiger partial charge in [-0.2, -0.15) is 0 Å². The summed E-state index contributed by atoms with van der Waals surface area (Å²) < 4.78 is 6.06. The Bertz CT molecular complexity index is 731. The van der Waals surface area contributed by atoms with Gasteiger partial charge >= 0.3 is 0 Å². The highest BCUT2D eigenvalue weighted by atomic mass is 16.5. The van der Waals surface area contributed by atoms with Crippen LogP contribution in [0.15, 0.2) is 66.7 Å². The lowest BCUT2D eigenvalue weighted by molar-refractivity contribution is 0.307. The lowest BCUT2D eigenvalue weighted by Crippen LogP contribution is -2.01. The van der Waals surface area contributed by atoms with Crippen molar-refractivity contribution in [1.82, 2.24) is 0 Å². The molecule has 0 bridgehead atoms. The third kappa shape index (κ3) is 3.30. The zero-order valence-electron chi connectivity index (χ0n) is 13.1. The Labute approximate surface area is 132 Å². The first-order valence-corrected chi connectivity index (χ1v) is 8.06. The second-order valence-electron chi connectivity index (χ2n) is 5.63. The molecule has 0 saturated carbocycles. The van der Waals surface area contributed by atoms with Crippen LogP contribution in [0.1, 0.15) is 30.9 Å². The van der Waals surface area contributed by atoms with Gasteiger partial charge in [0, 0.05) is 12.0 Å². The van der Waals surface area contributed by atoms with Gasteiger partial charge in [-0.05, 0) is 28.8 Å². The molecule has 0 aliphatic heterocycles. The van der Waals surface area contributed by atoms with E-state index < -0.39 is 0 Å². The number of fused-ring (bicyclic) bond motifs is 1. The molecular weight excluding hydrogens is 268 g/mol. The summed E-state index contributed by atoms with van der Waals surface area (Å²) in [5.74, 6) is 1.02. The van der Waals surface area contributed by atoms with Gasteiger partial charge in [0.25, 0.3) is 0 Å². The van der Waals surface area contributed by atoms with Crippen LogP contribution in [0.3, 0.4) is 0 Å². The van der Waals surface area contributed by atoms with Crippen LogP contribution in [-0.4, -0.2) is 6.61 Å². The summed E-state index contributed by atoms with van der Waals surface area (Å²) in [7, 11) is 0. The Morgan fingerprint density at radius 3 is 2.41 bits per heavy atom. The smallest absolute Gasteiger partial charge is 0.123 e. The molecule has 0 atom stereocenters. The van der Waals surface area contributed by atoms with Crippen molar-refractivity contribution in [2.75, 3.05) is 6.61 Å². The maximum Gasteiger partial charge on any atom is 0.123 e. The monoisotopic (exact) mass is 290 g/mol. The standard InChI is InChI=1S/C21H22O/c1-2-3-15-22-21-14-13-18-11-7-8-12-19(18)20(21)16-17-9-5-4-6-10-17/h4-14H,2-3,15-16H2,1H3. The molecular formula is C21H22O. The molecule has 0 heterocycles. The van der Waals surface area contributed by atoms with E-state index in [2.05, 4.69) is 73.7 Å². The molecule has 0 fully saturated rings. The van der Waals surface area contributed by atoms with Gasteiger partial charge in [-0.3, -0.25) is 0 Å². The molecule has 3 aromatic rings. The van der Waals surface area contributed by atoms with Gasteiger partial charge in [0.15, 0.2) is 0 Å². The van der Waals surface area contributed by atoms with Crippen molar-refractivity contribution in [3.8, 4) is 5.75 Å². The van der Waals surface area contributed by atoms with Crippen molar-refractivity contribution in [1.29, 1.82) is 0 Å². The van der Waals surface area contributed by atoms with Gasteiger partial charge in [-0.15, -0.1) is 0 Å². The topological polar surface area (TPSA) is 9.23 Å². The van der Waals surface area contributed by atoms with Crippen LogP contribution in [0, 0.1) is 0 Å². The number of rotatable bonds is 6. The van der Waals surface area contributed by atoms with E-state index in [0.717, 1.165) is 31.6 Å². The lowest BCUT2D eigenvalue weighted by atomic mass is 9.97. The van der Waals surface area contributed by atoms with Crippen molar-refractivity contribution in [2.24, 2.45) is 0 Å². The third-order valence-electron chi connectivity index (χ3n) is 3.98. The second-order valence-corrected chi connectivity index (χ2v) is 5.63. The predicted octanol–water partition coefficient (Wildman–Crippen LogP) is 5.61. The maximum atomic E-state index is 6.06. The molecule has 0 radical (unpaired) electrons. The van der Waals surface area contributed by atoms with Gasteiger partial charge in [0.1, 0.15) is 5.75 Å². The van der Waals surface area contributed by atoms with E-state index in [1.807, 2.05) is 0 Å². The van der Waals surface area contributed by atoms with Crippen molar-refractivity contribution < 1.29 is 4.74 Å². The zero-order valence-corrected chi connectivity index (χ0v) is 13.1. The summed E-state index contributed by atoms with van der Waals surface area (Å²) in [5, 5.41) is 2.57. The largest absolute Gasteiger partial charge is 0.493 e.